The van der Waals surface area contributed by atoms with Crippen molar-refractivity contribution in [2.24, 2.45) is 11.5 Å². The maximum atomic E-state index is 13.0. The van der Waals surface area contributed by atoms with E-state index in [0.29, 0.717) is 0 Å². The van der Waals surface area contributed by atoms with Crippen molar-refractivity contribution in [2.45, 2.75) is 260 Å². The minimum Gasteiger partial charge on any atom is -0.432 e. The Morgan fingerprint density at radius 1 is 0.408 bits per heavy atom. The third-order valence-corrected chi connectivity index (χ3v) is 17.7. The quantitative estimate of drug-likeness (QED) is 0.0377. The van der Waals surface area contributed by atoms with E-state index in [2.05, 4.69) is 21.3 Å². The molecule has 9 heterocycles. The van der Waals surface area contributed by atoms with Gasteiger partial charge in [-0.2, -0.15) is 0 Å². The normalized spacial score (nSPS) is 46.9. The zero-order valence-electron chi connectivity index (χ0n) is 52.6. The summed E-state index contributed by atoms with van der Waals surface area (Å²) in [7, 11) is 0. The van der Waals surface area contributed by atoms with E-state index < -0.39 is 308 Å². The minimum absolute atomic E-state index is 0.716. The van der Waals surface area contributed by atoms with Crippen LogP contribution in [0.15, 0.2) is 0 Å². The Morgan fingerprint density at radius 2 is 0.816 bits per heavy atom. The van der Waals surface area contributed by atoms with Crippen molar-refractivity contribution >= 4 is 35.5 Å². The number of aliphatic hydroxyl groups excluding tert-OH is 17. The van der Waals surface area contributed by atoms with Crippen molar-refractivity contribution in [3.63, 3.8) is 0 Å². The molecule has 44 heteroatoms. The van der Waals surface area contributed by atoms with E-state index in [1.54, 1.807) is 0 Å². The van der Waals surface area contributed by atoms with Crippen LogP contribution in [0.4, 0.5) is 0 Å². The van der Waals surface area contributed by atoms with Crippen LogP contribution >= 0.6 is 0 Å². The van der Waals surface area contributed by atoms with Crippen LogP contribution in [0.1, 0.15) is 34.1 Å². The van der Waals surface area contributed by atoms with Gasteiger partial charge in [0.1, 0.15) is 177 Å². The third kappa shape index (κ3) is 16.8. The molecule has 0 aromatic rings. The number of aliphatic hydroxyl groups is 18. The van der Waals surface area contributed by atoms with Gasteiger partial charge in [0.2, 0.25) is 41.6 Å². The summed E-state index contributed by atoms with van der Waals surface area (Å²) >= 11 is 0. The Kier molecular flexibility index (Phi) is 26.9. The first kappa shape index (κ1) is 79.2. The highest BCUT2D eigenvalue weighted by Gasteiger charge is 2.70. The highest BCUT2D eigenvalue weighted by atomic mass is 16.8. The predicted molar refractivity (Wildman–Crippen MR) is 302 cm³/mol. The minimum atomic E-state index is -3.07. The molecule has 26 N–H and O–H groups in total. The predicted octanol–water partition coefficient (Wildman–Crippen LogP) is -17.2. The molecule has 98 heavy (non-hydrogen) atoms. The van der Waals surface area contributed by atoms with E-state index in [4.69, 9.17) is 77.8 Å². The van der Waals surface area contributed by atoms with Gasteiger partial charge in [-0.3, -0.25) is 28.8 Å². The van der Waals surface area contributed by atoms with E-state index >= 15 is 0 Å². The van der Waals surface area contributed by atoms with Crippen LogP contribution in [0.2, 0.25) is 0 Å². The Bertz CT molecular complexity index is 2710. The molecule has 37 atom stereocenters. The summed E-state index contributed by atoms with van der Waals surface area (Å²) < 4.78 is 82.5. The average molecular weight is 1430 g/mol. The van der Waals surface area contributed by atoms with Crippen molar-refractivity contribution in [3.8, 4) is 0 Å². The van der Waals surface area contributed by atoms with Gasteiger partial charge in [0.05, 0.1) is 52.1 Å². The fraction of sp³-hybridized carbons (Fsp3) is 0.889. The molecule has 0 radical (unpaired) electrons. The zero-order chi connectivity index (χ0) is 72.4. The monoisotopic (exact) mass is 1430 g/mol. The van der Waals surface area contributed by atoms with Gasteiger partial charge in [-0.1, -0.05) is 0 Å². The summed E-state index contributed by atoms with van der Waals surface area (Å²) in [6.45, 7) is -2.43. The number of rotatable bonds is 25. The van der Waals surface area contributed by atoms with E-state index in [9.17, 15) is 121 Å². The molecule has 9 aliphatic heterocycles. The Labute approximate surface area is 554 Å². The van der Waals surface area contributed by atoms with Crippen LogP contribution < -0.4 is 32.7 Å². The van der Waals surface area contributed by atoms with Crippen LogP contribution in [0.3, 0.4) is 0 Å². The van der Waals surface area contributed by atoms with E-state index in [1.807, 2.05) is 0 Å². The number of carbonyl (C=O) groups excluding carboxylic acids is 6. The standard InChI is InChI=1S/C54H88N6O38/c1-12(66)57-24-32(75)28(71)17(6-61)86-45(24)54(84)46-38(81)37(80)44(98-54)53(96-46)94-42-31(74)22(11-85-52-43(36(79)30(73)19(8-63)88-52)95-48-25(58-13(2)67)33(76)29(72)18(7-62)87-48)91-51(39(42)82)93-41-21(10-65)89-49(26(34(41)77)59-14(3)68)92-40-20(9-64)90-50(27(35(40)78)60-15(4)69)97-47(83)16(55)5-23(56)70/h16-22,24-46,48-53,61-65,71-82,84H,5-11,55H2,1-4H3,(H2,56,70)(H,57,66)(H,58,67)(H,59,68)(H,60,69)/t16?,17-,18-,19-,20-,21-,22-,24-,25-,26-,27?,28-,29-,30-,31-,32-,33+,34-,35-,36+,37+,38+,39+,40-,41-,42+,43+,44-,45?,46+,48+,49-,50+,51-,52+,53+,54?/m1/s1. The van der Waals surface area contributed by atoms with Crippen molar-refractivity contribution in [1.82, 2.24) is 21.3 Å². The first-order valence-electron chi connectivity index (χ1n) is 30.9. The van der Waals surface area contributed by atoms with Gasteiger partial charge >= 0.3 is 5.97 Å². The van der Waals surface area contributed by atoms with Gasteiger partial charge in [-0.05, 0) is 0 Å². The largest absolute Gasteiger partial charge is 0.432 e. The van der Waals surface area contributed by atoms with Crippen molar-refractivity contribution in [2.75, 3.05) is 39.6 Å². The first-order valence-corrected chi connectivity index (χ1v) is 30.9. The number of primary amides is 1. The maximum absolute atomic E-state index is 13.0. The summed E-state index contributed by atoms with van der Waals surface area (Å²) in [5.74, 6) is -8.87. The smallest absolute Gasteiger partial charge is 0.325 e. The molecule has 9 saturated heterocycles. The fourth-order valence-corrected chi connectivity index (χ4v) is 12.8. The highest BCUT2D eigenvalue weighted by Crippen LogP contribution is 2.46. The Hall–Kier alpha value is -4.46. The summed E-state index contributed by atoms with van der Waals surface area (Å²) in [6, 6.07) is -8.87. The SMILES string of the molecule is CC(=O)NC1[C@H](OC(=O)C(N)CC(N)=O)O[C@H](CO)[C@@H](O[C@H]2O[C@H](CO)[C@@H](O[C@H]3O[C@H](CO[C@H]4O[C@H](CO)[C@@H](O)[C@H](O)[C@@H]4O[C@@H]4O[C@H](CO)[C@@H](O)[C@@H](O)[C@H]4NC(C)=O)[C@@H](O)[C@H](O[C@H]4O[C@H]5[C@@H](O)[C@H](O)[C@H]4OC5(O)C4O[C@H](CO)[C@@H](O)[C@H](O)[C@H]4NC(C)=O)[C@@H]3O)[C@H](O)[C@H]2NC(C)=O)[C@@H]1O. The lowest BCUT2D eigenvalue weighted by molar-refractivity contribution is -0.481. The zero-order valence-corrected chi connectivity index (χ0v) is 52.6. The van der Waals surface area contributed by atoms with Gasteiger partial charge in [0, 0.05) is 27.7 Å². The third-order valence-electron chi connectivity index (χ3n) is 17.7. The molecule has 0 spiro atoms. The molecule has 0 saturated carbocycles. The highest BCUT2D eigenvalue weighted by molar-refractivity contribution is 5.84. The van der Waals surface area contributed by atoms with Gasteiger partial charge < -0.3 is 191 Å². The molecule has 2 bridgehead atoms. The van der Waals surface area contributed by atoms with Crippen molar-refractivity contribution < 1.29 is 187 Å². The lowest BCUT2D eigenvalue weighted by atomic mass is 9.80. The van der Waals surface area contributed by atoms with Crippen LogP contribution in [0, 0.1) is 0 Å². The first-order chi connectivity index (χ1) is 46.1. The molecule has 9 rings (SSSR count). The number of ether oxygens (including phenoxy) is 14. The number of nitrogens with one attached hydrogen (secondary N) is 4. The molecule has 9 aliphatic rings. The molecule has 5 amide bonds. The molecule has 0 aromatic heterocycles. The summed E-state index contributed by atoms with van der Waals surface area (Å²) in [5.41, 5.74) is 10.9. The van der Waals surface area contributed by atoms with E-state index in [-0.39, 0.29) is 0 Å². The molecular weight excluding hydrogens is 1340 g/mol. The van der Waals surface area contributed by atoms with Gasteiger partial charge in [0.25, 0.3) is 0 Å². The lowest BCUT2D eigenvalue weighted by Gasteiger charge is -2.59. The second kappa shape index (κ2) is 33.3. The number of esters is 1. The number of carbonyl (C=O) groups is 6. The number of nitrogens with two attached hydrogens (primary N) is 2. The van der Waals surface area contributed by atoms with Crippen molar-refractivity contribution in [1.29, 1.82) is 0 Å². The topological polar surface area (TPSA) is 696 Å². The lowest BCUT2D eigenvalue weighted by Crippen LogP contribution is -2.81. The second-order valence-corrected chi connectivity index (χ2v) is 24.7. The number of fused-ring (bicyclic) bond motifs is 3. The molecular formula is C54H88N6O38. The molecule has 0 aliphatic carbocycles. The Morgan fingerprint density at radius 3 is 1.33 bits per heavy atom. The van der Waals surface area contributed by atoms with Crippen LogP contribution in [-0.4, -0.2) is 393 Å². The Balaban J connectivity index is 1.11. The maximum Gasteiger partial charge on any atom is 0.325 e. The van der Waals surface area contributed by atoms with Gasteiger partial charge in [-0.25, -0.2) is 0 Å². The van der Waals surface area contributed by atoms with Crippen LogP contribution in [-0.2, 0) is 95.1 Å². The van der Waals surface area contributed by atoms with E-state index in [1.165, 1.54) is 0 Å². The summed E-state index contributed by atoms with van der Waals surface area (Å²) in [6.07, 6.45) is -64.2. The van der Waals surface area contributed by atoms with Gasteiger partial charge in [0.15, 0.2) is 31.5 Å². The molecule has 44 nitrogen and oxygen atoms in total. The van der Waals surface area contributed by atoms with Gasteiger partial charge in [-0.15, -0.1) is 0 Å². The molecule has 4 unspecified atom stereocenters. The van der Waals surface area contributed by atoms with Crippen molar-refractivity contribution in [3.05, 3.63) is 0 Å². The van der Waals surface area contributed by atoms with E-state index in [0.717, 1.165) is 27.7 Å². The molecule has 562 valence electrons. The van der Waals surface area contributed by atoms with Crippen LogP contribution in [0.5, 0.6) is 0 Å². The number of amides is 5. The number of hydrogen-bond donors (Lipinski definition) is 24. The molecule has 0 aromatic carbocycles. The summed E-state index contributed by atoms with van der Waals surface area (Å²) in [4.78, 5) is 74.6. The van der Waals surface area contributed by atoms with Crippen LogP contribution in [0.25, 0.3) is 0 Å². The summed E-state index contributed by atoms with van der Waals surface area (Å²) in [5, 5.41) is 211. The molecule has 9 fully saturated rings. The average Bonchev–Trinajstić information content (AvgIpc) is 0.713. The second-order valence-electron chi connectivity index (χ2n) is 24.7. The fourth-order valence-electron chi connectivity index (χ4n) is 12.8. The number of hydrogen-bond acceptors (Lipinski definition) is 39.